The van der Waals surface area contributed by atoms with Crippen LogP contribution in [0, 0.1) is 0 Å². The quantitative estimate of drug-likeness (QED) is 0.279. The Morgan fingerprint density at radius 2 is 1.06 bits per heavy atom. The van der Waals surface area contributed by atoms with Gasteiger partial charge in [0, 0.05) is 11.4 Å². The number of rotatable bonds is 5. The van der Waals surface area contributed by atoms with Gasteiger partial charge >= 0.3 is 0 Å². The van der Waals surface area contributed by atoms with E-state index in [2.05, 4.69) is 121 Å². The van der Waals surface area contributed by atoms with Gasteiger partial charge in [0.2, 0.25) is 0 Å². The van der Waals surface area contributed by atoms with Crippen molar-refractivity contribution in [3.05, 3.63) is 121 Å². The lowest BCUT2D eigenvalue weighted by molar-refractivity contribution is 0.444. The molecular formula is C34H31N. The zero-order valence-electron chi connectivity index (χ0n) is 20.1. The second-order valence-corrected chi connectivity index (χ2v) is 9.70. The zero-order chi connectivity index (χ0) is 23.5. The minimum atomic E-state index is 0.682. The van der Waals surface area contributed by atoms with Crippen molar-refractivity contribution >= 4 is 22.1 Å². The lowest BCUT2D eigenvalue weighted by Gasteiger charge is -2.24. The summed E-state index contributed by atoms with van der Waals surface area (Å²) in [5, 5.41) is 6.30. The van der Waals surface area contributed by atoms with Crippen molar-refractivity contribution in [2.75, 3.05) is 5.32 Å². The molecular weight excluding hydrogens is 422 g/mol. The molecule has 35 heavy (non-hydrogen) atoms. The van der Waals surface area contributed by atoms with E-state index in [1.54, 1.807) is 0 Å². The molecule has 0 heterocycles. The minimum absolute atomic E-state index is 0.682. The third kappa shape index (κ3) is 4.47. The summed E-state index contributed by atoms with van der Waals surface area (Å²) in [4.78, 5) is 0. The molecule has 0 aliphatic heterocycles. The van der Waals surface area contributed by atoms with Gasteiger partial charge in [-0.15, -0.1) is 0 Å². The van der Waals surface area contributed by atoms with E-state index in [1.807, 2.05) is 0 Å². The summed E-state index contributed by atoms with van der Waals surface area (Å²) in [5.41, 5.74) is 8.92. The van der Waals surface area contributed by atoms with E-state index in [0.717, 1.165) is 5.69 Å². The smallest absolute Gasteiger partial charge is 0.0419 e. The second-order valence-electron chi connectivity index (χ2n) is 9.70. The fraction of sp³-hybridized carbons (Fsp3) is 0.176. The number of nitrogens with one attached hydrogen (secondary N) is 1. The van der Waals surface area contributed by atoms with Gasteiger partial charge in [0.05, 0.1) is 0 Å². The first-order valence-electron chi connectivity index (χ1n) is 12.9. The highest BCUT2D eigenvalue weighted by Crippen LogP contribution is 2.38. The van der Waals surface area contributed by atoms with Crippen LogP contribution in [0.3, 0.4) is 0 Å². The lowest BCUT2D eigenvalue weighted by atomic mass is 9.83. The van der Waals surface area contributed by atoms with Gasteiger partial charge in [-0.05, 0) is 75.5 Å². The van der Waals surface area contributed by atoms with E-state index in [1.165, 1.54) is 76.4 Å². The van der Waals surface area contributed by atoms with Gasteiger partial charge in [-0.3, -0.25) is 0 Å². The molecule has 1 nitrogen and oxygen atoms in total. The first-order valence-corrected chi connectivity index (χ1v) is 12.9. The molecule has 1 aliphatic carbocycles. The van der Waals surface area contributed by atoms with E-state index in [0.29, 0.717) is 5.92 Å². The summed E-state index contributed by atoms with van der Waals surface area (Å²) < 4.78 is 0. The van der Waals surface area contributed by atoms with Gasteiger partial charge in [0.15, 0.2) is 0 Å². The van der Waals surface area contributed by atoms with Gasteiger partial charge in [0.1, 0.15) is 0 Å². The van der Waals surface area contributed by atoms with Crippen LogP contribution in [0.4, 0.5) is 11.4 Å². The van der Waals surface area contributed by atoms with Crippen LogP contribution >= 0.6 is 0 Å². The molecule has 0 atom stereocenters. The fourth-order valence-electron chi connectivity index (χ4n) is 5.69. The van der Waals surface area contributed by atoms with E-state index in [4.69, 9.17) is 0 Å². The third-order valence-electron chi connectivity index (χ3n) is 7.49. The molecule has 5 aromatic carbocycles. The Morgan fingerprint density at radius 1 is 0.486 bits per heavy atom. The highest BCUT2D eigenvalue weighted by atomic mass is 14.9. The summed E-state index contributed by atoms with van der Waals surface area (Å²) in [5.74, 6) is 0.682. The third-order valence-corrected chi connectivity index (χ3v) is 7.49. The SMILES string of the molecule is c1ccc(-c2ccc(-c3ccc(Nc4ccccc4C4CCCCC4)cc3)c3ccccc23)cc1. The normalized spacial score (nSPS) is 14.2. The van der Waals surface area contributed by atoms with Crippen molar-refractivity contribution in [2.45, 2.75) is 38.0 Å². The second kappa shape index (κ2) is 9.80. The lowest BCUT2D eigenvalue weighted by Crippen LogP contribution is -2.07. The van der Waals surface area contributed by atoms with Gasteiger partial charge in [-0.1, -0.05) is 116 Å². The maximum absolute atomic E-state index is 3.72. The Hall–Kier alpha value is -3.84. The molecule has 1 saturated carbocycles. The van der Waals surface area contributed by atoms with Crippen LogP contribution in [0.15, 0.2) is 115 Å². The summed E-state index contributed by atoms with van der Waals surface area (Å²) in [6.45, 7) is 0. The molecule has 1 fully saturated rings. The number of benzene rings is 5. The van der Waals surface area contributed by atoms with Crippen LogP contribution < -0.4 is 5.32 Å². The molecule has 1 heteroatoms. The van der Waals surface area contributed by atoms with Gasteiger partial charge in [0.25, 0.3) is 0 Å². The number of para-hydroxylation sites is 1. The average molecular weight is 454 g/mol. The first kappa shape index (κ1) is 21.7. The molecule has 0 bridgehead atoms. The van der Waals surface area contributed by atoms with Crippen molar-refractivity contribution in [1.82, 2.24) is 0 Å². The van der Waals surface area contributed by atoms with Gasteiger partial charge < -0.3 is 5.32 Å². The average Bonchev–Trinajstić information content (AvgIpc) is 2.94. The van der Waals surface area contributed by atoms with Crippen LogP contribution in [0.2, 0.25) is 0 Å². The molecule has 0 spiro atoms. The van der Waals surface area contributed by atoms with Crippen molar-refractivity contribution < 1.29 is 0 Å². The largest absolute Gasteiger partial charge is 0.355 e. The molecule has 0 aromatic heterocycles. The molecule has 6 rings (SSSR count). The predicted octanol–water partition coefficient (Wildman–Crippen LogP) is 9.97. The molecule has 0 saturated heterocycles. The Bertz CT molecular complexity index is 1430. The summed E-state index contributed by atoms with van der Waals surface area (Å²) in [7, 11) is 0. The van der Waals surface area contributed by atoms with Gasteiger partial charge in [-0.25, -0.2) is 0 Å². The number of fused-ring (bicyclic) bond motifs is 1. The van der Waals surface area contributed by atoms with Crippen LogP contribution in [0.1, 0.15) is 43.6 Å². The summed E-state index contributed by atoms with van der Waals surface area (Å²) >= 11 is 0. The summed E-state index contributed by atoms with van der Waals surface area (Å²) in [6, 6.07) is 41.7. The molecule has 0 amide bonds. The van der Waals surface area contributed by atoms with Crippen LogP contribution in [-0.4, -0.2) is 0 Å². The van der Waals surface area contributed by atoms with E-state index >= 15 is 0 Å². The molecule has 1 aliphatic rings. The van der Waals surface area contributed by atoms with Crippen molar-refractivity contribution in [3.63, 3.8) is 0 Å². The van der Waals surface area contributed by atoms with Crippen LogP contribution in [0.5, 0.6) is 0 Å². The molecule has 1 N–H and O–H groups in total. The van der Waals surface area contributed by atoms with E-state index in [-0.39, 0.29) is 0 Å². The Balaban J connectivity index is 1.31. The van der Waals surface area contributed by atoms with E-state index < -0.39 is 0 Å². The predicted molar refractivity (Wildman–Crippen MR) is 150 cm³/mol. The van der Waals surface area contributed by atoms with Crippen LogP contribution in [-0.2, 0) is 0 Å². The molecule has 0 radical (unpaired) electrons. The Morgan fingerprint density at radius 3 is 1.74 bits per heavy atom. The maximum atomic E-state index is 3.72. The highest BCUT2D eigenvalue weighted by molar-refractivity contribution is 6.05. The number of hydrogen-bond donors (Lipinski definition) is 1. The van der Waals surface area contributed by atoms with Crippen LogP contribution in [0.25, 0.3) is 33.0 Å². The topological polar surface area (TPSA) is 12.0 Å². The maximum Gasteiger partial charge on any atom is 0.0419 e. The Labute approximate surface area is 208 Å². The van der Waals surface area contributed by atoms with Gasteiger partial charge in [-0.2, -0.15) is 0 Å². The molecule has 5 aromatic rings. The monoisotopic (exact) mass is 453 g/mol. The standard InChI is InChI=1S/C34H31N/c1-3-11-25(12-4-1)29-23-24-30(33-17-8-7-16-32(29)33)27-19-21-28(22-20-27)35-34-18-10-9-15-31(34)26-13-5-2-6-14-26/h1,3-4,7-12,15-24,26,35H,2,5-6,13-14H2. The zero-order valence-corrected chi connectivity index (χ0v) is 20.1. The van der Waals surface area contributed by atoms with Crippen molar-refractivity contribution in [2.24, 2.45) is 0 Å². The molecule has 0 unspecified atom stereocenters. The summed E-state index contributed by atoms with van der Waals surface area (Å²) in [6.07, 6.45) is 6.71. The Kier molecular flexibility index (Phi) is 6.07. The minimum Gasteiger partial charge on any atom is -0.355 e. The molecule has 172 valence electrons. The van der Waals surface area contributed by atoms with E-state index in [9.17, 15) is 0 Å². The first-order chi connectivity index (χ1) is 17.4. The highest BCUT2D eigenvalue weighted by Gasteiger charge is 2.18. The fourth-order valence-corrected chi connectivity index (χ4v) is 5.69. The number of hydrogen-bond acceptors (Lipinski definition) is 1. The number of anilines is 2. The van der Waals surface area contributed by atoms with Crippen molar-refractivity contribution in [1.29, 1.82) is 0 Å². The van der Waals surface area contributed by atoms with Crippen molar-refractivity contribution in [3.8, 4) is 22.3 Å².